The summed E-state index contributed by atoms with van der Waals surface area (Å²) in [6.45, 7) is 5.72. The van der Waals surface area contributed by atoms with Crippen LogP contribution in [0.3, 0.4) is 0 Å². The molecule has 3 atom stereocenters. The highest BCUT2D eigenvalue weighted by molar-refractivity contribution is 8.14. The quantitative estimate of drug-likeness (QED) is 0.814. The summed E-state index contributed by atoms with van der Waals surface area (Å²) in [6.07, 6.45) is 4.50. The lowest BCUT2D eigenvalue weighted by molar-refractivity contribution is 0.321. The zero-order valence-corrected chi connectivity index (χ0v) is 15.9. The number of benzene rings is 1. The summed E-state index contributed by atoms with van der Waals surface area (Å²) in [7, 11) is 0. The molecule has 0 radical (unpaired) electrons. The molecule has 26 heavy (non-hydrogen) atoms. The second kappa shape index (κ2) is 6.62. The second-order valence-corrected chi connectivity index (χ2v) is 8.83. The van der Waals surface area contributed by atoms with E-state index in [4.69, 9.17) is 4.99 Å². The zero-order chi connectivity index (χ0) is 17.5. The van der Waals surface area contributed by atoms with Crippen molar-refractivity contribution in [3.05, 3.63) is 59.9 Å². The SMILES string of the molecule is C[C@H]1CN2C(=N[C@@H](c3ccccn3)[C@@H]2c2ccc(N3CCCC3)cc2)S1. The van der Waals surface area contributed by atoms with E-state index in [2.05, 4.69) is 58.1 Å². The van der Waals surface area contributed by atoms with E-state index >= 15 is 0 Å². The van der Waals surface area contributed by atoms with Gasteiger partial charge in [-0.05, 0) is 42.7 Å². The Bertz CT molecular complexity index is 799. The Hall–Kier alpha value is -2.01. The smallest absolute Gasteiger partial charge is 0.160 e. The van der Waals surface area contributed by atoms with Gasteiger partial charge in [-0.25, -0.2) is 0 Å². The van der Waals surface area contributed by atoms with Crippen LogP contribution < -0.4 is 4.90 Å². The maximum absolute atomic E-state index is 5.06. The molecule has 0 bridgehead atoms. The first-order chi connectivity index (χ1) is 12.8. The first-order valence-electron chi connectivity index (χ1n) is 9.56. The van der Waals surface area contributed by atoms with Crippen LogP contribution in [0.25, 0.3) is 0 Å². The van der Waals surface area contributed by atoms with Gasteiger partial charge in [0.1, 0.15) is 6.04 Å². The summed E-state index contributed by atoms with van der Waals surface area (Å²) in [5, 5.41) is 1.78. The van der Waals surface area contributed by atoms with Gasteiger partial charge in [-0.3, -0.25) is 9.98 Å². The van der Waals surface area contributed by atoms with Crippen molar-refractivity contribution >= 4 is 22.6 Å². The summed E-state index contributed by atoms with van der Waals surface area (Å²) in [4.78, 5) is 14.6. The minimum atomic E-state index is 0.0869. The largest absolute Gasteiger partial charge is 0.372 e. The van der Waals surface area contributed by atoms with Crippen LogP contribution in [0.4, 0.5) is 5.69 Å². The summed E-state index contributed by atoms with van der Waals surface area (Å²) in [6, 6.07) is 15.7. The first-order valence-corrected chi connectivity index (χ1v) is 10.4. The number of amidine groups is 1. The van der Waals surface area contributed by atoms with Gasteiger partial charge < -0.3 is 9.80 Å². The molecule has 2 aromatic rings. The van der Waals surface area contributed by atoms with Crippen LogP contribution in [0.15, 0.2) is 53.7 Å². The highest BCUT2D eigenvalue weighted by Crippen LogP contribution is 2.47. The van der Waals surface area contributed by atoms with Crippen molar-refractivity contribution < 1.29 is 0 Å². The van der Waals surface area contributed by atoms with Gasteiger partial charge in [0.05, 0.1) is 11.7 Å². The van der Waals surface area contributed by atoms with Gasteiger partial charge >= 0.3 is 0 Å². The Balaban J connectivity index is 1.48. The molecule has 2 saturated heterocycles. The molecule has 4 heterocycles. The van der Waals surface area contributed by atoms with Gasteiger partial charge in [-0.1, -0.05) is 36.9 Å². The third-order valence-corrected chi connectivity index (χ3v) is 6.69. The highest BCUT2D eigenvalue weighted by atomic mass is 32.2. The second-order valence-electron chi connectivity index (χ2n) is 7.42. The molecule has 0 aliphatic carbocycles. The molecule has 3 aliphatic heterocycles. The number of aromatic nitrogens is 1. The summed E-state index contributed by atoms with van der Waals surface area (Å²) in [5.41, 5.74) is 3.76. The standard InChI is InChI=1S/C21H24N4S/c1-15-14-25-20(16-7-9-17(10-8-16)24-12-4-5-13-24)19(23-21(25)26-15)18-6-2-3-11-22-18/h2-3,6-11,15,19-20H,4-5,12-14H2,1H3/t15-,19-,20-/m0/s1. The van der Waals surface area contributed by atoms with Crippen LogP contribution in [0.1, 0.15) is 43.1 Å². The van der Waals surface area contributed by atoms with Gasteiger partial charge in [0.25, 0.3) is 0 Å². The number of aliphatic imine (C=N–C) groups is 1. The van der Waals surface area contributed by atoms with Gasteiger partial charge in [0.2, 0.25) is 0 Å². The minimum absolute atomic E-state index is 0.0869. The molecule has 1 aromatic carbocycles. The molecular formula is C21H24N4S. The van der Waals surface area contributed by atoms with Crippen LogP contribution >= 0.6 is 11.8 Å². The average molecular weight is 365 g/mol. The third kappa shape index (κ3) is 2.78. The molecule has 3 aliphatic rings. The monoisotopic (exact) mass is 364 g/mol. The fourth-order valence-electron chi connectivity index (χ4n) is 4.34. The van der Waals surface area contributed by atoms with E-state index in [-0.39, 0.29) is 12.1 Å². The number of rotatable bonds is 3. The van der Waals surface area contributed by atoms with Gasteiger partial charge in [-0.2, -0.15) is 0 Å². The van der Waals surface area contributed by atoms with Crippen LogP contribution in [0.2, 0.25) is 0 Å². The molecule has 134 valence electrons. The lowest BCUT2D eigenvalue weighted by Crippen LogP contribution is -2.28. The van der Waals surface area contributed by atoms with E-state index in [1.165, 1.54) is 42.3 Å². The third-order valence-electron chi connectivity index (χ3n) is 5.59. The van der Waals surface area contributed by atoms with Crippen molar-refractivity contribution in [2.24, 2.45) is 4.99 Å². The van der Waals surface area contributed by atoms with Crippen LogP contribution in [-0.4, -0.2) is 39.9 Å². The Labute approximate surface area is 159 Å². The highest BCUT2D eigenvalue weighted by Gasteiger charge is 2.43. The molecule has 1 aromatic heterocycles. The van der Waals surface area contributed by atoms with Gasteiger partial charge in [0, 0.05) is 36.8 Å². The summed E-state index contributed by atoms with van der Waals surface area (Å²) >= 11 is 1.90. The van der Waals surface area contributed by atoms with Crippen LogP contribution in [0, 0.1) is 0 Å². The molecule has 4 nitrogen and oxygen atoms in total. The van der Waals surface area contributed by atoms with E-state index in [1.807, 2.05) is 24.0 Å². The maximum atomic E-state index is 5.06. The fraction of sp³-hybridized carbons (Fsp3) is 0.429. The summed E-state index contributed by atoms with van der Waals surface area (Å²) < 4.78 is 0. The van der Waals surface area contributed by atoms with Crippen molar-refractivity contribution in [2.75, 3.05) is 24.5 Å². The van der Waals surface area contributed by atoms with E-state index < -0.39 is 0 Å². The molecule has 0 amide bonds. The average Bonchev–Trinajstić information content (AvgIpc) is 3.38. The van der Waals surface area contributed by atoms with Gasteiger partial charge in [-0.15, -0.1) is 0 Å². The number of fused-ring (bicyclic) bond motifs is 1. The number of nitrogens with zero attached hydrogens (tertiary/aromatic N) is 4. The van der Waals surface area contributed by atoms with Crippen molar-refractivity contribution in [2.45, 2.75) is 37.1 Å². The molecular weight excluding hydrogens is 340 g/mol. The Kier molecular flexibility index (Phi) is 4.12. The van der Waals surface area contributed by atoms with Crippen molar-refractivity contribution in [3.8, 4) is 0 Å². The molecule has 5 rings (SSSR count). The molecule has 2 fully saturated rings. The van der Waals surface area contributed by atoms with E-state index in [0.29, 0.717) is 5.25 Å². The lowest BCUT2D eigenvalue weighted by Gasteiger charge is -2.28. The van der Waals surface area contributed by atoms with E-state index in [9.17, 15) is 0 Å². The maximum Gasteiger partial charge on any atom is 0.160 e. The van der Waals surface area contributed by atoms with E-state index in [1.54, 1.807) is 0 Å². The van der Waals surface area contributed by atoms with Crippen molar-refractivity contribution in [1.82, 2.24) is 9.88 Å². The molecule has 0 spiro atoms. The fourth-order valence-corrected chi connectivity index (χ4v) is 5.43. The number of pyridine rings is 1. The minimum Gasteiger partial charge on any atom is -0.372 e. The Morgan fingerprint density at radius 1 is 1.04 bits per heavy atom. The Morgan fingerprint density at radius 3 is 2.58 bits per heavy atom. The zero-order valence-electron chi connectivity index (χ0n) is 15.1. The number of hydrogen-bond donors (Lipinski definition) is 0. The first kappa shape index (κ1) is 16.2. The number of hydrogen-bond acceptors (Lipinski definition) is 5. The predicted molar refractivity (Wildman–Crippen MR) is 109 cm³/mol. The molecule has 0 N–H and O–H groups in total. The van der Waals surface area contributed by atoms with Crippen molar-refractivity contribution in [3.63, 3.8) is 0 Å². The van der Waals surface area contributed by atoms with Crippen LogP contribution in [-0.2, 0) is 0 Å². The topological polar surface area (TPSA) is 31.7 Å². The normalized spacial score (nSPS) is 27.7. The lowest BCUT2D eigenvalue weighted by atomic mass is 9.96. The molecule has 0 unspecified atom stereocenters. The Morgan fingerprint density at radius 2 is 1.85 bits per heavy atom. The van der Waals surface area contributed by atoms with Crippen LogP contribution in [0.5, 0.6) is 0 Å². The predicted octanol–water partition coefficient (Wildman–Crippen LogP) is 4.27. The molecule has 5 heteroatoms. The summed E-state index contributed by atoms with van der Waals surface area (Å²) in [5.74, 6) is 0. The molecule has 0 saturated carbocycles. The number of anilines is 1. The number of thioether (sulfide) groups is 1. The van der Waals surface area contributed by atoms with E-state index in [0.717, 1.165) is 12.2 Å². The van der Waals surface area contributed by atoms with Crippen molar-refractivity contribution in [1.29, 1.82) is 0 Å². The van der Waals surface area contributed by atoms with Gasteiger partial charge in [0.15, 0.2) is 5.17 Å².